The van der Waals surface area contributed by atoms with E-state index in [1.54, 1.807) is 11.8 Å². The molecule has 3 rings (SSSR count). The molecule has 160 valence electrons. The number of hydrogen-bond donors (Lipinski definition) is 0. The predicted molar refractivity (Wildman–Crippen MR) is 134 cm³/mol. The monoisotopic (exact) mass is 544 g/mol. The number of amidine groups is 1. The Morgan fingerprint density at radius 3 is 2.55 bits per heavy atom. The van der Waals surface area contributed by atoms with Gasteiger partial charge in [0.15, 0.2) is 13.5 Å². The van der Waals surface area contributed by atoms with E-state index in [0.29, 0.717) is 11.8 Å². The van der Waals surface area contributed by atoms with Crippen molar-refractivity contribution in [3.05, 3.63) is 35.9 Å². The minimum atomic E-state index is -1.91. The Labute approximate surface area is 194 Å². The summed E-state index contributed by atoms with van der Waals surface area (Å²) in [5, 5.41) is 1.54. The molecule has 0 N–H and O–H groups in total. The smallest absolute Gasteiger partial charge is 0.236 e. The van der Waals surface area contributed by atoms with E-state index in [1.807, 2.05) is 23.1 Å². The van der Waals surface area contributed by atoms with Gasteiger partial charge in [-0.2, -0.15) is 0 Å². The van der Waals surface area contributed by atoms with Crippen LogP contribution in [0.25, 0.3) is 0 Å². The van der Waals surface area contributed by atoms with E-state index in [2.05, 4.69) is 75.5 Å². The van der Waals surface area contributed by atoms with Crippen molar-refractivity contribution in [2.45, 2.75) is 76.2 Å². The summed E-state index contributed by atoms with van der Waals surface area (Å²) in [6.07, 6.45) is 0.984. The van der Waals surface area contributed by atoms with Crippen LogP contribution in [0.15, 0.2) is 35.3 Å². The van der Waals surface area contributed by atoms with E-state index in [1.165, 1.54) is 5.56 Å². The van der Waals surface area contributed by atoms with Gasteiger partial charge in [-0.1, -0.05) is 85.5 Å². The van der Waals surface area contributed by atoms with Crippen molar-refractivity contribution in [2.75, 3.05) is 4.43 Å². The third-order valence-electron chi connectivity index (χ3n) is 6.46. The van der Waals surface area contributed by atoms with E-state index < -0.39 is 8.32 Å². The van der Waals surface area contributed by atoms with Gasteiger partial charge in [0, 0.05) is 9.68 Å². The lowest BCUT2D eigenvalue weighted by Gasteiger charge is -2.54. The van der Waals surface area contributed by atoms with Crippen LogP contribution in [0.5, 0.6) is 0 Å². The zero-order valence-electron chi connectivity index (χ0n) is 18.3. The standard InChI is InChI=1S/C22H33IN2O2SSi/c1-15(27-29(5,6)22(2,3)4)19-18-12-17(13-23)28-21(25(18)20(19)26)24-14-16-10-8-7-9-11-16/h7-11,15,17-19H,12-14H2,1-6H3/t15-,17+,18-,19-/m1/s1. The van der Waals surface area contributed by atoms with E-state index in [9.17, 15) is 4.79 Å². The van der Waals surface area contributed by atoms with Crippen molar-refractivity contribution in [2.24, 2.45) is 10.9 Å². The summed E-state index contributed by atoms with van der Waals surface area (Å²) >= 11 is 4.22. The quantitative estimate of drug-likeness (QED) is 0.199. The number of rotatable bonds is 6. The van der Waals surface area contributed by atoms with Gasteiger partial charge in [-0.05, 0) is 37.0 Å². The van der Waals surface area contributed by atoms with Gasteiger partial charge in [0.2, 0.25) is 5.91 Å². The number of halogens is 1. The molecule has 0 bridgehead atoms. The van der Waals surface area contributed by atoms with Crippen LogP contribution in [0, 0.1) is 5.92 Å². The number of amides is 1. The molecule has 0 spiro atoms. The van der Waals surface area contributed by atoms with Crippen molar-refractivity contribution >= 4 is 53.7 Å². The second-order valence-corrected chi connectivity index (χ2v) is 16.5. The molecule has 0 radical (unpaired) electrons. The van der Waals surface area contributed by atoms with E-state index in [-0.39, 0.29) is 29.0 Å². The maximum absolute atomic E-state index is 13.2. The number of carbonyl (C=O) groups excluding carboxylic acids is 1. The Balaban J connectivity index is 1.76. The molecule has 4 nitrogen and oxygen atoms in total. The lowest BCUT2D eigenvalue weighted by Crippen LogP contribution is -2.69. The van der Waals surface area contributed by atoms with Crippen LogP contribution in [0.3, 0.4) is 0 Å². The van der Waals surface area contributed by atoms with Crippen LogP contribution < -0.4 is 0 Å². The number of fused-ring (bicyclic) bond motifs is 1. The summed E-state index contributed by atoms with van der Waals surface area (Å²) in [5.74, 6) is 0.143. The maximum Gasteiger partial charge on any atom is 0.236 e. The average molecular weight is 545 g/mol. The summed E-state index contributed by atoms with van der Waals surface area (Å²) in [7, 11) is -1.91. The molecule has 1 amide bonds. The Kier molecular flexibility index (Phi) is 7.23. The first-order valence-corrected chi connectivity index (χ1v) is 15.7. The van der Waals surface area contributed by atoms with E-state index in [0.717, 1.165) is 16.0 Å². The van der Waals surface area contributed by atoms with Crippen molar-refractivity contribution in [3.8, 4) is 0 Å². The number of β-lactam (4-membered cyclic amide) rings is 1. The fraction of sp³-hybridized carbons (Fsp3) is 0.636. The highest BCUT2D eigenvalue weighted by molar-refractivity contribution is 14.1. The van der Waals surface area contributed by atoms with Gasteiger partial charge in [0.05, 0.1) is 24.6 Å². The SMILES string of the molecule is C[C@@H](O[Si](C)(C)C(C)(C)C)[C@H]1C(=O)N2C(=NCc3ccccc3)S[C@H](CI)C[C@H]12. The lowest BCUT2D eigenvalue weighted by atomic mass is 9.81. The first-order chi connectivity index (χ1) is 13.5. The van der Waals surface area contributed by atoms with Gasteiger partial charge in [0.1, 0.15) is 0 Å². The molecule has 2 heterocycles. The molecule has 0 aliphatic carbocycles. The number of hydrogen-bond acceptors (Lipinski definition) is 4. The highest BCUT2D eigenvalue weighted by atomic mass is 127. The molecule has 2 fully saturated rings. The molecule has 1 aromatic carbocycles. The molecular formula is C22H33IN2O2SSi. The minimum Gasteiger partial charge on any atom is -0.413 e. The first-order valence-electron chi connectivity index (χ1n) is 10.4. The topological polar surface area (TPSA) is 41.9 Å². The minimum absolute atomic E-state index is 0.0435. The Hall–Kier alpha value is -0.383. The van der Waals surface area contributed by atoms with Crippen molar-refractivity contribution < 1.29 is 9.22 Å². The highest BCUT2D eigenvalue weighted by Crippen LogP contribution is 2.45. The van der Waals surface area contributed by atoms with Gasteiger partial charge < -0.3 is 4.43 Å². The molecule has 0 saturated carbocycles. The lowest BCUT2D eigenvalue weighted by molar-refractivity contribution is -0.154. The van der Waals surface area contributed by atoms with Gasteiger partial charge in [-0.15, -0.1) is 0 Å². The third-order valence-corrected chi connectivity index (χ3v) is 13.9. The summed E-state index contributed by atoms with van der Waals surface area (Å²) in [6.45, 7) is 14.0. The number of thioether (sulfide) groups is 1. The van der Waals surface area contributed by atoms with Gasteiger partial charge in [0.25, 0.3) is 0 Å². The molecule has 7 heteroatoms. The molecule has 2 saturated heterocycles. The molecule has 0 unspecified atom stereocenters. The number of alkyl halides is 1. The Morgan fingerprint density at radius 1 is 1.31 bits per heavy atom. The highest BCUT2D eigenvalue weighted by Gasteiger charge is 2.56. The largest absolute Gasteiger partial charge is 0.413 e. The number of nitrogens with zero attached hydrogens (tertiary/aromatic N) is 2. The molecule has 4 atom stereocenters. The van der Waals surface area contributed by atoms with Crippen LogP contribution in [-0.2, 0) is 15.8 Å². The summed E-state index contributed by atoms with van der Waals surface area (Å²) in [5.41, 5.74) is 1.17. The van der Waals surface area contributed by atoms with Crippen LogP contribution in [0.4, 0.5) is 0 Å². The van der Waals surface area contributed by atoms with Crippen LogP contribution in [-0.4, -0.2) is 46.1 Å². The van der Waals surface area contributed by atoms with Gasteiger partial charge in [-0.25, -0.2) is 0 Å². The number of carbonyl (C=O) groups is 1. The molecule has 2 aliphatic heterocycles. The van der Waals surface area contributed by atoms with Gasteiger partial charge >= 0.3 is 0 Å². The van der Waals surface area contributed by atoms with Crippen LogP contribution >= 0.6 is 34.4 Å². The summed E-state index contributed by atoms with van der Waals surface area (Å²) < 4.78 is 7.67. The van der Waals surface area contributed by atoms with Crippen molar-refractivity contribution in [1.29, 1.82) is 0 Å². The Bertz CT molecular complexity index is 766. The molecule has 1 aromatic rings. The number of aliphatic imine (C=N–C) groups is 1. The van der Waals surface area contributed by atoms with Gasteiger partial charge in [-0.3, -0.25) is 14.7 Å². The summed E-state index contributed by atoms with van der Waals surface area (Å²) in [6, 6.07) is 10.5. The maximum atomic E-state index is 13.2. The van der Waals surface area contributed by atoms with Crippen molar-refractivity contribution in [1.82, 2.24) is 4.90 Å². The van der Waals surface area contributed by atoms with Crippen LogP contribution in [0.2, 0.25) is 18.1 Å². The second-order valence-electron chi connectivity index (χ2n) is 9.60. The average Bonchev–Trinajstić information content (AvgIpc) is 2.64. The molecule has 0 aromatic heterocycles. The van der Waals surface area contributed by atoms with Crippen LogP contribution in [0.1, 0.15) is 39.7 Å². The van der Waals surface area contributed by atoms with E-state index >= 15 is 0 Å². The molecular weight excluding hydrogens is 511 g/mol. The normalized spacial score (nSPS) is 27.6. The zero-order valence-corrected chi connectivity index (χ0v) is 22.3. The number of benzene rings is 1. The van der Waals surface area contributed by atoms with E-state index in [4.69, 9.17) is 9.42 Å². The molecule has 2 aliphatic rings. The molecule has 29 heavy (non-hydrogen) atoms. The zero-order chi connectivity index (χ0) is 21.4. The third kappa shape index (κ3) is 4.93. The fourth-order valence-corrected chi connectivity index (χ4v) is 7.22. The van der Waals surface area contributed by atoms with Crippen molar-refractivity contribution in [3.63, 3.8) is 0 Å². The predicted octanol–water partition coefficient (Wildman–Crippen LogP) is 5.72. The first kappa shape index (κ1) is 23.3. The fourth-order valence-electron chi connectivity index (χ4n) is 3.76. The second kappa shape index (κ2) is 9.00. The summed E-state index contributed by atoms with van der Waals surface area (Å²) in [4.78, 5) is 19.9. The Morgan fingerprint density at radius 2 is 1.97 bits per heavy atom.